The Morgan fingerprint density at radius 1 is 1.20 bits per heavy atom. The van der Waals surface area contributed by atoms with Gasteiger partial charge in [0.2, 0.25) is 0 Å². The van der Waals surface area contributed by atoms with Crippen molar-refractivity contribution < 1.29 is 14.7 Å². The number of rotatable bonds is 4. The Bertz CT molecular complexity index is 590. The monoisotopic (exact) mass is 337 g/mol. The van der Waals surface area contributed by atoms with E-state index in [0.717, 1.165) is 0 Å². The minimum Gasteiger partial charge on any atom is -0.477 e. The number of Topliss-reactive ketones (excluding diaryl/α,β-unsaturated/α-hetero) is 1. The second-order valence-electron chi connectivity index (χ2n) is 3.77. The topological polar surface area (TPSA) is 59.3 Å². The van der Waals surface area contributed by atoms with Crippen LogP contribution in [0.15, 0.2) is 47.1 Å². The van der Waals surface area contributed by atoms with Gasteiger partial charge in [0, 0.05) is 16.2 Å². The number of aromatic nitrogens is 1. The van der Waals surface area contributed by atoms with Crippen LogP contribution in [-0.4, -0.2) is 21.4 Å². The third kappa shape index (κ3) is 4.06. The lowest BCUT2D eigenvalue weighted by Gasteiger charge is -2.05. The second-order valence-corrected chi connectivity index (χ2v) is 4.68. The summed E-state index contributed by atoms with van der Waals surface area (Å²) < 4.78 is 2.06. The van der Waals surface area contributed by atoms with Crippen molar-refractivity contribution in [2.75, 3.05) is 0 Å². The Morgan fingerprint density at radius 3 is 2.35 bits per heavy atom. The quantitative estimate of drug-likeness (QED) is 0.861. The first-order valence-corrected chi connectivity index (χ1v) is 7.04. The van der Waals surface area contributed by atoms with Gasteiger partial charge in [0.05, 0.1) is 6.54 Å². The summed E-state index contributed by atoms with van der Waals surface area (Å²) in [6.07, 6.45) is 1.59. The third-order valence-corrected chi connectivity index (χ3v) is 2.93. The SMILES string of the molecule is CC.O=C(Cn1cc(Br)cc1C(=O)O)c1ccccc1. The highest BCUT2D eigenvalue weighted by Gasteiger charge is 2.14. The molecule has 20 heavy (non-hydrogen) atoms. The predicted octanol–water partition coefficient (Wildman–Crippen LogP) is 3.86. The molecule has 1 aromatic carbocycles. The highest BCUT2D eigenvalue weighted by molar-refractivity contribution is 9.10. The molecule has 106 valence electrons. The molecule has 2 rings (SSSR count). The standard InChI is InChI=1S/C13H10BrNO3.C2H6/c14-10-6-11(13(17)18)15(7-10)8-12(16)9-4-2-1-3-5-9;1-2/h1-7H,8H2,(H,17,18);1-2H3. The summed E-state index contributed by atoms with van der Waals surface area (Å²) >= 11 is 3.20. The number of carbonyl (C=O) groups is 2. The van der Waals surface area contributed by atoms with Gasteiger partial charge >= 0.3 is 5.97 Å². The first-order chi connectivity index (χ1) is 9.58. The average Bonchev–Trinajstić information content (AvgIpc) is 2.83. The summed E-state index contributed by atoms with van der Waals surface area (Å²) in [7, 11) is 0. The summed E-state index contributed by atoms with van der Waals surface area (Å²) in [6.45, 7) is 4.01. The fourth-order valence-corrected chi connectivity index (χ4v) is 2.12. The number of aromatic carboxylic acids is 1. The zero-order chi connectivity index (χ0) is 15.1. The maximum Gasteiger partial charge on any atom is 0.352 e. The van der Waals surface area contributed by atoms with Crippen LogP contribution in [0.1, 0.15) is 34.7 Å². The second kappa shape index (κ2) is 7.65. The fourth-order valence-electron chi connectivity index (χ4n) is 1.65. The Hall–Kier alpha value is -1.88. The molecule has 0 unspecified atom stereocenters. The molecule has 1 aromatic heterocycles. The largest absolute Gasteiger partial charge is 0.477 e. The molecule has 0 saturated heterocycles. The molecule has 0 fully saturated rings. The van der Waals surface area contributed by atoms with Gasteiger partial charge in [0.15, 0.2) is 5.78 Å². The van der Waals surface area contributed by atoms with Gasteiger partial charge in [-0.1, -0.05) is 44.2 Å². The normalized spacial score (nSPS) is 9.55. The molecule has 1 N–H and O–H groups in total. The van der Waals surface area contributed by atoms with E-state index in [1.54, 1.807) is 30.5 Å². The van der Waals surface area contributed by atoms with Gasteiger partial charge in [-0.2, -0.15) is 0 Å². The van der Waals surface area contributed by atoms with E-state index in [1.807, 2.05) is 19.9 Å². The van der Waals surface area contributed by atoms with Gasteiger partial charge in [0.25, 0.3) is 0 Å². The molecule has 1 heterocycles. The molecule has 0 saturated carbocycles. The minimum atomic E-state index is -1.05. The summed E-state index contributed by atoms with van der Waals surface area (Å²) in [4.78, 5) is 23.0. The number of ketones is 1. The Morgan fingerprint density at radius 2 is 1.80 bits per heavy atom. The number of hydrogen-bond acceptors (Lipinski definition) is 2. The zero-order valence-electron chi connectivity index (χ0n) is 11.3. The van der Waals surface area contributed by atoms with Crippen molar-refractivity contribution in [3.63, 3.8) is 0 Å². The smallest absolute Gasteiger partial charge is 0.352 e. The Balaban J connectivity index is 0.000000956. The first-order valence-electron chi connectivity index (χ1n) is 6.25. The van der Waals surface area contributed by atoms with Gasteiger partial charge in [-0.25, -0.2) is 4.79 Å². The van der Waals surface area contributed by atoms with E-state index in [0.29, 0.717) is 10.0 Å². The number of carboxylic acid groups (broad SMARTS) is 1. The number of hydrogen-bond donors (Lipinski definition) is 1. The molecule has 2 aromatic rings. The van der Waals surface area contributed by atoms with Crippen LogP contribution in [0.3, 0.4) is 0 Å². The van der Waals surface area contributed by atoms with Crippen LogP contribution < -0.4 is 0 Å². The van der Waals surface area contributed by atoms with Crippen molar-refractivity contribution in [1.29, 1.82) is 0 Å². The molecule has 0 aliphatic heterocycles. The molecule has 0 radical (unpaired) electrons. The van der Waals surface area contributed by atoms with E-state index in [4.69, 9.17) is 5.11 Å². The predicted molar refractivity (Wildman–Crippen MR) is 81.2 cm³/mol. The van der Waals surface area contributed by atoms with Crippen molar-refractivity contribution >= 4 is 27.7 Å². The molecule has 5 heteroatoms. The van der Waals surface area contributed by atoms with Crippen molar-refractivity contribution in [1.82, 2.24) is 4.57 Å². The molecular weight excluding hydrogens is 322 g/mol. The van der Waals surface area contributed by atoms with E-state index in [1.165, 1.54) is 10.6 Å². The van der Waals surface area contributed by atoms with E-state index >= 15 is 0 Å². The molecule has 4 nitrogen and oxygen atoms in total. The van der Waals surface area contributed by atoms with Crippen LogP contribution in [0, 0.1) is 0 Å². The van der Waals surface area contributed by atoms with Crippen LogP contribution in [0.4, 0.5) is 0 Å². The van der Waals surface area contributed by atoms with Gasteiger partial charge in [-0.15, -0.1) is 0 Å². The average molecular weight is 338 g/mol. The number of carboxylic acids is 1. The molecule has 0 bridgehead atoms. The summed E-state index contributed by atoms with van der Waals surface area (Å²) in [6, 6.07) is 10.3. The number of carbonyl (C=O) groups excluding carboxylic acids is 1. The van der Waals surface area contributed by atoms with Crippen LogP contribution in [0.5, 0.6) is 0 Å². The molecular formula is C15H16BrNO3. The van der Waals surface area contributed by atoms with Gasteiger partial charge < -0.3 is 9.67 Å². The van der Waals surface area contributed by atoms with Gasteiger partial charge in [-0.05, 0) is 22.0 Å². The molecule has 0 aliphatic rings. The van der Waals surface area contributed by atoms with Crippen LogP contribution in [0.25, 0.3) is 0 Å². The highest BCUT2D eigenvalue weighted by Crippen LogP contribution is 2.16. The highest BCUT2D eigenvalue weighted by atomic mass is 79.9. The van der Waals surface area contributed by atoms with Crippen molar-refractivity contribution in [3.8, 4) is 0 Å². The van der Waals surface area contributed by atoms with Gasteiger partial charge in [0.1, 0.15) is 5.69 Å². The van der Waals surface area contributed by atoms with Crippen LogP contribution in [-0.2, 0) is 6.54 Å². The Labute approximate surface area is 126 Å². The van der Waals surface area contributed by atoms with E-state index < -0.39 is 5.97 Å². The minimum absolute atomic E-state index is 0.0112. The van der Waals surface area contributed by atoms with Crippen molar-refractivity contribution in [3.05, 3.63) is 58.3 Å². The maximum absolute atomic E-state index is 12.0. The van der Waals surface area contributed by atoms with E-state index in [9.17, 15) is 9.59 Å². The summed E-state index contributed by atoms with van der Waals surface area (Å²) in [5.41, 5.74) is 0.657. The summed E-state index contributed by atoms with van der Waals surface area (Å²) in [5, 5.41) is 9.01. The zero-order valence-corrected chi connectivity index (χ0v) is 12.9. The third-order valence-electron chi connectivity index (χ3n) is 2.49. The van der Waals surface area contributed by atoms with E-state index in [-0.39, 0.29) is 18.0 Å². The number of halogens is 1. The maximum atomic E-state index is 12.0. The van der Waals surface area contributed by atoms with Crippen molar-refractivity contribution in [2.24, 2.45) is 0 Å². The fraction of sp³-hybridized carbons (Fsp3) is 0.200. The van der Waals surface area contributed by atoms with Crippen LogP contribution in [0.2, 0.25) is 0 Å². The molecule has 0 spiro atoms. The summed E-state index contributed by atoms with van der Waals surface area (Å²) in [5.74, 6) is -1.18. The lowest BCUT2D eigenvalue weighted by atomic mass is 10.1. The first kappa shape index (κ1) is 16.2. The van der Waals surface area contributed by atoms with Crippen molar-refractivity contribution in [2.45, 2.75) is 20.4 Å². The number of benzene rings is 1. The lowest BCUT2D eigenvalue weighted by molar-refractivity contribution is 0.0685. The van der Waals surface area contributed by atoms with E-state index in [2.05, 4.69) is 15.9 Å². The Kier molecular flexibility index (Phi) is 6.18. The lowest BCUT2D eigenvalue weighted by Crippen LogP contribution is -2.14. The molecule has 0 amide bonds. The number of nitrogens with zero attached hydrogens (tertiary/aromatic N) is 1. The molecule has 0 atom stereocenters. The van der Waals surface area contributed by atoms with Gasteiger partial charge in [-0.3, -0.25) is 4.79 Å². The molecule has 0 aliphatic carbocycles. The van der Waals surface area contributed by atoms with Crippen LogP contribution >= 0.6 is 15.9 Å².